The van der Waals surface area contributed by atoms with E-state index in [0.29, 0.717) is 0 Å². The predicted octanol–water partition coefficient (Wildman–Crippen LogP) is 2.34. The Kier molecular flexibility index (Phi) is 6.08. The van der Waals surface area contributed by atoms with Crippen LogP contribution in [-0.2, 0) is 4.79 Å². The highest BCUT2D eigenvalue weighted by molar-refractivity contribution is 5.93. The highest BCUT2D eigenvalue weighted by Crippen LogP contribution is 2.14. The van der Waals surface area contributed by atoms with Crippen LogP contribution in [0.3, 0.4) is 0 Å². The third-order valence-electron chi connectivity index (χ3n) is 2.61. The van der Waals surface area contributed by atoms with Crippen LogP contribution in [0.5, 0.6) is 0 Å². The summed E-state index contributed by atoms with van der Waals surface area (Å²) in [4.78, 5) is 11.7. The summed E-state index contributed by atoms with van der Waals surface area (Å²) in [5.41, 5.74) is 7.58. The first kappa shape index (κ1) is 14.9. The van der Waals surface area contributed by atoms with Crippen molar-refractivity contribution in [1.82, 2.24) is 0 Å². The van der Waals surface area contributed by atoms with Crippen LogP contribution >= 0.6 is 12.4 Å². The molecule has 0 spiro atoms. The van der Waals surface area contributed by atoms with E-state index in [1.165, 1.54) is 0 Å². The largest absolute Gasteiger partial charge is 0.327 e. The first-order chi connectivity index (χ1) is 7.02. The van der Waals surface area contributed by atoms with Crippen molar-refractivity contribution in [3.05, 3.63) is 29.8 Å². The smallest absolute Gasteiger partial charge is 0.228 e. The number of nitrogens with two attached hydrogens (primary N) is 1. The summed E-state index contributed by atoms with van der Waals surface area (Å²) in [6, 6.07) is 7.57. The molecule has 0 bridgehead atoms. The summed E-state index contributed by atoms with van der Waals surface area (Å²) in [6.45, 7) is 5.63. The van der Waals surface area contributed by atoms with E-state index < -0.39 is 0 Å². The lowest BCUT2D eigenvalue weighted by Gasteiger charge is -2.16. The van der Waals surface area contributed by atoms with Gasteiger partial charge in [-0.15, -0.1) is 12.4 Å². The van der Waals surface area contributed by atoms with E-state index in [1.54, 1.807) is 0 Å². The summed E-state index contributed by atoms with van der Waals surface area (Å²) in [6.07, 6.45) is 0. The molecule has 0 aliphatic heterocycles. The zero-order chi connectivity index (χ0) is 11.4. The Hall–Kier alpha value is -1.06. The number of para-hydroxylation sites is 1. The number of hydrogen-bond acceptors (Lipinski definition) is 2. The summed E-state index contributed by atoms with van der Waals surface area (Å²) >= 11 is 0. The standard InChI is InChI=1S/C12H18N2O.ClH/c1-8-6-4-5-7-11(8)14-12(15)9(2)10(3)13;/h4-7,9-10H,13H2,1-3H3,(H,14,15);1H. The van der Waals surface area contributed by atoms with Gasteiger partial charge in [-0.3, -0.25) is 4.79 Å². The molecule has 0 fully saturated rings. The fourth-order valence-electron chi connectivity index (χ4n) is 1.20. The normalized spacial score (nSPS) is 13.5. The average Bonchev–Trinajstić information content (AvgIpc) is 2.20. The van der Waals surface area contributed by atoms with Gasteiger partial charge in [0.2, 0.25) is 5.91 Å². The number of hydrogen-bond donors (Lipinski definition) is 2. The SMILES string of the molecule is Cc1ccccc1NC(=O)C(C)C(C)N.Cl. The molecule has 0 radical (unpaired) electrons. The van der Waals surface area contributed by atoms with E-state index in [1.807, 2.05) is 45.0 Å². The van der Waals surface area contributed by atoms with E-state index in [4.69, 9.17) is 5.73 Å². The molecule has 1 aromatic rings. The van der Waals surface area contributed by atoms with Crippen LogP contribution < -0.4 is 11.1 Å². The maximum atomic E-state index is 11.7. The fourth-order valence-corrected chi connectivity index (χ4v) is 1.20. The molecule has 1 rings (SSSR count). The van der Waals surface area contributed by atoms with Crippen LogP contribution in [0.2, 0.25) is 0 Å². The van der Waals surface area contributed by atoms with Gasteiger partial charge >= 0.3 is 0 Å². The van der Waals surface area contributed by atoms with Gasteiger partial charge in [0.15, 0.2) is 0 Å². The second-order valence-electron chi connectivity index (χ2n) is 3.95. The summed E-state index contributed by atoms with van der Waals surface area (Å²) in [5.74, 6) is -0.205. The maximum absolute atomic E-state index is 11.7. The number of nitrogens with one attached hydrogen (secondary N) is 1. The number of benzene rings is 1. The molecule has 0 aromatic heterocycles. The number of amides is 1. The van der Waals surface area contributed by atoms with E-state index >= 15 is 0 Å². The molecule has 0 aliphatic carbocycles. The third-order valence-corrected chi connectivity index (χ3v) is 2.61. The van der Waals surface area contributed by atoms with Crippen molar-refractivity contribution in [3.63, 3.8) is 0 Å². The monoisotopic (exact) mass is 242 g/mol. The van der Waals surface area contributed by atoms with Crippen LogP contribution in [0.1, 0.15) is 19.4 Å². The number of carbonyl (C=O) groups is 1. The molecule has 1 aromatic carbocycles. The van der Waals surface area contributed by atoms with Gasteiger partial charge in [0.05, 0.1) is 5.92 Å². The molecule has 90 valence electrons. The molecule has 1 amide bonds. The van der Waals surface area contributed by atoms with Crippen molar-refractivity contribution in [1.29, 1.82) is 0 Å². The van der Waals surface area contributed by atoms with Gasteiger partial charge in [0.1, 0.15) is 0 Å². The molecule has 16 heavy (non-hydrogen) atoms. The molecule has 0 saturated carbocycles. The van der Waals surface area contributed by atoms with Gasteiger partial charge in [-0.1, -0.05) is 25.1 Å². The lowest BCUT2D eigenvalue weighted by Crippen LogP contribution is -2.34. The number of aryl methyl sites for hydroxylation is 1. The van der Waals surface area contributed by atoms with E-state index in [0.717, 1.165) is 11.3 Å². The fraction of sp³-hybridized carbons (Fsp3) is 0.417. The molecule has 2 unspecified atom stereocenters. The van der Waals surface area contributed by atoms with Crippen molar-refractivity contribution in [2.45, 2.75) is 26.8 Å². The highest BCUT2D eigenvalue weighted by Gasteiger charge is 2.17. The quantitative estimate of drug-likeness (QED) is 0.855. The molecule has 3 nitrogen and oxygen atoms in total. The van der Waals surface area contributed by atoms with Gasteiger partial charge in [-0.25, -0.2) is 0 Å². The van der Waals surface area contributed by atoms with Crippen LogP contribution in [0, 0.1) is 12.8 Å². The lowest BCUT2D eigenvalue weighted by atomic mass is 10.0. The van der Waals surface area contributed by atoms with E-state index in [9.17, 15) is 4.79 Å². The van der Waals surface area contributed by atoms with Crippen LogP contribution in [0.15, 0.2) is 24.3 Å². The summed E-state index contributed by atoms with van der Waals surface area (Å²) < 4.78 is 0. The van der Waals surface area contributed by atoms with E-state index in [2.05, 4.69) is 5.32 Å². The first-order valence-electron chi connectivity index (χ1n) is 5.14. The molecular weight excluding hydrogens is 224 g/mol. The minimum atomic E-state index is -0.176. The second-order valence-corrected chi connectivity index (χ2v) is 3.95. The predicted molar refractivity (Wildman–Crippen MR) is 69.9 cm³/mol. The Bertz CT molecular complexity index is 353. The second kappa shape index (κ2) is 6.51. The van der Waals surface area contributed by atoms with Crippen molar-refractivity contribution in [2.75, 3.05) is 5.32 Å². The minimum Gasteiger partial charge on any atom is -0.327 e. The van der Waals surface area contributed by atoms with Gasteiger partial charge in [-0.05, 0) is 25.5 Å². The number of carbonyl (C=O) groups excluding carboxylic acids is 1. The zero-order valence-electron chi connectivity index (χ0n) is 9.86. The Morgan fingerprint density at radius 3 is 2.38 bits per heavy atom. The van der Waals surface area contributed by atoms with Crippen LogP contribution in [0.25, 0.3) is 0 Å². The average molecular weight is 243 g/mol. The van der Waals surface area contributed by atoms with Gasteiger partial charge < -0.3 is 11.1 Å². The Balaban J connectivity index is 0.00000225. The Morgan fingerprint density at radius 2 is 1.88 bits per heavy atom. The first-order valence-corrected chi connectivity index (χ1v) is 5.14. The van der Waals surface area contributed by atoms with E-state index in [-0.39, 0.29) is 30.3 Å². The van der Waals surface area contributed by atoms with Gasteiger partial charge in [-0.2, -0.15) is 0 Å². The van der Waals surface area contributed by atoms with Crippen molar-refractivity contribution in [2.24, 2.45) is 11.7 Å². The molecule has 3 N–H and O–H groups in total. The van der Waals surface area contributed by atoms with Crippen molar-refractivity contribution >= 4 is 24.0 Å². The van der Waals surface area contributed by atoms with Crippen molar-refractivity contribution in [3.8, 4) is 0 Å². The van der Waals surface area contributed by atoms with Gasteiger partial charge in [0, 0.05) is 11.7 Å². The minimum absolute atomic E-state index is 0. The number of rotatable bonds is 3. The maximum Gasteiger partial charge on any atom is 0.228 e. The lowest BCUT2D eigenvalue weighted by molar-refractivity contribution is -0.119. The van der Waals surface area contributed by atoms with Crippen LogP contribution in [0.4, 0.5) is 5.69 Å². The molecule has 4 heteroatoms. The molecule has 2 atom stereocenters. The number of anilines is 1. The molecular formula is C12H19ClN2O. The zero-order valence-corrected chi connectivity index (χ0v) is 10.7. The molecule has 0 aliphatic rings. The third kappa shape index (κ3) is 3.83. The molecule has 0 saturated heterocycles. The Morgan fingerprint density at radius 1 is 1.31 bits per heavy atom. The van der Waals surface area contributed by atoms with Gasteiger partial charge in [0.25, 0.3) is 0 Å². The topological polar surface area (TPSA) is 55.1 Å². The number of halogens is 1. The summed E-state index contributed by atoms with van der Waals surface area (Å²) in [5, 5.41) is 2.87. The highest BCUT2D eigenvalue weighted by atomic mass is 35.5. The van der Waals surface area contributed by atoms with Crippen LogP contribution in [-0.4, -0.2) is 11.9 Å². The summed E-state index contributed by atoms with van der Waals surface area (Å²) in [7, 11) is 0. The molecule has 0 heterocycles. The Labute approximate surface area is 103 Å². The van der Waals surface area contributed by atoms with Crippen molar-refractivity contribution < 1.29 is 4.79 Å².